The van der Waals surface area contributed by atoms with Gasteiger partial charge in [0.25, 0.3) is 0 Å². The zero-order valence-corrected chi connectivity index (χ0v) is 13.5. The van der Waals surface area contributed by atoms with E-state index in [0.717, 1.165) is 6.92 Å². The fraction of sp³-hybridized carbons (Fsp3) is 0.500. The Morgan fingerprint density at radius 2 is 1.88 bits per heavy atom. The summed E-state index contributed by atoms with van der Waals surface area (Å²) in [6.45, 7) is 1.08. The van der Waals surface area contributed by atoms with Crippen LogP contribution in [-0.2, 0) is 19.4 Å². The van der Waals surface area contributed by atoms with Crippen LogP contribution in [0.3, 0.4) is 0 Å². The van der Waals surface area contributed by atoms with Crippen molar-refractivity contribution in [3.8, 4) is 0 Å². The maximum atomic E-state index is 12.6. The Hall–Kier alpha value is -2.04. The summed E-state index contributed by atoms with van der Waals surface area (Å²) >= 11 is 0. The second-order valence-corrected chi connectivity index (χ2v) is 7.61. The smallest absolute Gasteiger partial charge is 0.320 e. The molecule has 132 valence electrons. The molecule has 24 heavy (non-hydrogen) atoms. The third-order valence-electron chi connectivity index (χ3n) is 3.96. The molecule has 0 amide bonds. The molecule has 1 aromatic rings. The third kappa shape index (κ3) is 3.40. The molecule has 10 heteroatoms. The molecule has 0 aliphatic heterocycles. The van der Waals surface area contributed by atoms with Crippen molar-refractivity contribution in [3.63, 3.8) is 0 Å². The van der Waals surface area contributed by atoms with Crippen LogP contribution in [-0.4, -0.2) is 53.2 Å². The van der Waals surface area contributed by atoms with Crippen molar-refractivity contribution in [2.45, 2.75) is 41.9 Å². The second kappa shape index (κ2) is 6.83. The van der Waals surface area contributed by atoms with Crippen LogP contribution in [0.4, 0.5) is 0 Å². The first-order valence-corrected chi connectivity index (χ1v) is 8.66. The number of ether oxygens (including phenoxy) is 1. The van der Waals surface area contributed by atoms with Gasteiger partial charge in [0, 0.05) is 18.3 Å². The number of carbonyl (C=O) groups is 1. The van der Waals surface area contributed by atoms with Gasteiger partial charge in [0.15, 0.2) is 0 Å². The Balaban J connectivity index is 2.38. The monoisotopic (exact) mass is 359 g/mol. The molecular formula is C14H17NO8S. The highest BCUT2D eigenvalue weighted by Crippen LogP contribution is 2.36. The minimum atomic E-state index is -4.40. The maximum absolute atomic E-state index is 12.6. The largest absolute Gasteiger partial charge is 0.460 e. The third-order valence-corrected chi connectivity index (χ3v) is 6.04. The molecular weight excluding hydrogens is 342 g/mol. The van der Waals surface area contributed by atoms with E-state index >= 15 is 0 Å². The number of rotatable bonds is 5. The van der Waals surface area contributed by atoms with Crippen LogP contribution in [0, 0.1) is 16.0 Å². The Kier molecular flexibility index (Phi) is 5.21. The van der Waals surface area contributed by atoms with E-state index in [-0.39, 0.29) is 11.3 Å². The van der Waals surface area contributed by atoms with Gasteiger partial charge in [-0.05, 0) is 12.1 Å². The van der Waals surface area contributed by atoms with Crippen molar-refractivity contribution in [1.29, 1.82) is 0 Å². The number of hydrogen-bond donors (Lipinski definition) is 2. The summed E-state index contributed by atoms with van der Waals surface area (Å²) < 4.78 is 30.0. The minimum Gasteiger partial charge on any atom is -0.460 e. The lowest BCUT2D eigenvalue weighted by Crippen LogP contribution is -2.42. The highest BCUT2D eigenvalue weighted by atomic mass is 32.2. The van der Waals surface area contributed by atoms with Crippen LogP contribution in [0.5, 0.6) is 0 Å². The fourth-order valence-electron chi connectivity index (χ4n) is 2.89. The predicted octanol–water partition coefficient (Wildman–Crippen LogP) is -0.264. The lowest BCUT2D eigenvalue weighted by atomic mass is 10.1. The van der Waals surface area contributed by atoms with Crippen LogP contribution < -0.4 is 0 Å². The molecule has 0 bridgehead atoms. The van der Waals surface area contributed by atoms with E-state index in [1.54, 1.807) is 6.07 Å². The molecule has 1 aliphatic rings. The first-order valence-electron chi connectivity index (χ1n) is 7.12. The van der Waals surface area contributed by atoms with E-state index in [1.165, 1.54) is 24.3 Å². The molecule has 1 saturated carbocycles. The molecule has 0 aromatic heterocycles. The van der Waals surface area contributed by atoms with Crippen molar-refractivity contribution in [1.82, 2.24) is 0 Å². The molecule has 1 aromatic carbocycles. The molecule has 2 N–H and O–H groups in total. The number of nitrogens with zero attached hydrogens (tertiary/aromatic N) is 1. The quantitative estimate of drug-likeness (QED) is 0.415. The SMILES string of the molecule is CC(=O)O[C@H]1C[C@@H](C([N+](=O)[O-])S(=O)(=O)c2ccccc2)[C@@H](O)[C@H]1O. The summed E-state index contributed by atoms with van der Waals surface area (Å²) in [7, 11) is -4.40. The average molecular weight is 359 g/mol. The molecule has 1 aliphatic carbocycles. The molecule has 5 atom stereocenters. The van der Waals surface area contributed by atoms with Crippen LogP contribution in [0.1, 0.15) is 13.3 Å². The molecule has 0 radical (unpaired) electrons. The van der Waals surface area contributed by atoms with Gasteiger partial charge in [-0.15, -0.1) is 0 Å². The molecule has 0 saturated heterocycles. The van der Waals surface area contributed by atoms with Crippen LogP contribution in [0.15, 0.2) is 35.2 Å². The van der Waals surface area contributed by atoms with E-state index in [9.17, 15) is 33.5 Å². The van der Waals surface area contributed by atoms with Gasteiger partial charge >= 0.3 is 11.3 Å². The van der Waals surface area contributed by atoms with Crippen molar-refractivity contribution in [2.24, 2.45) is 5.92 Å². The van der Waals surface area contributed by atoms with Crippen molar-refractivity contribution >= 4 is 15.8 Å². The summed E-state index contributed by atoms with van der Waals surface area (Å²) in [4.78, 5) is 21.2. The standard InChI is InChI=1S/C14H17NO8S/c1-8(16)23-11-7-10(12(17)13(11)18)14(15(19)20)24(21,22)9-5-3-2-4-6-9/h2-6,10-14,17-18H,7H2,1H3/t10-,11+,12-,13+,14?/m1/s1. The molecule has 1 unspecified atom stereocenters. The Morgan fingerprint density at radius 3 is 2.38 bits per heavy atom. The van der Waals surface area contributed by atoms with Gasteiger partial charge in [-0.25, -0.2) is 8.42 Å². The zero-order chi connectivity index (χ0) is 18.1. The van der Waals surface area contributed by atoms with Crippen molar-refractivity contribution in [3.05, 3.63) is 40.4 Å². The lowest BCUT2D eigenvalue weighted by Gasteiger charge is -2.20. The van der Waals surface area contributed by atoms with E-state index in [1.807, 2.05) is 0 Å². The maximum Gasteiger partial charge on any atom is 0.320 e. The minimum absolute atomic E-state index is 0.260. The van der Waals surface area contributed by atoms with Gasteiger partial charge in [-0.1, -0.05) is 18.2 Å². The summed E-state index contributed by atoms with van der Waals surface area (Å²) in [6.07, 6.45) is -4.83. The molecule has 2 rings (SSSR count). The van der Waals surface area contributed by atoms with Crippen LogP contribution in [0.25, 0.3) is 0 Å². The van der Waals surface area contributed by atoms with E-state index < -0.39 is 50.3 Å². The van der Waals surface area contributed by atoms with E-state index in [2.05, 4.69) is 0 Å². The molecule has 9 nitrogen and oxygen atoms in total. The number of aliphatic hydroxyl groups is 2. The van der Waals surface area contributed by atoms with Gasteiger partial charge in [-0.2, -0.15) is 0 Å². The molecule has 0 heterocycles. The molecule has 1 fully saturated rings. The van der Waals surface area contributed by atoms with Gasteiger partial charge < -0.3 is 14.9 Å². The fourth-order valence-corrected chi connectivity index (χ4v) is 4.66. The van der Waals surface area contributed by atoms with E-state index in [0.29, 0.717) is 0 Å². The Labute approximate surface area is 137 Å². The number of hydrogen-bond acceptors (Lipinski definition) is 8. The summed E-state index contributed by atoms with van der Waals surface area (Å²) in [5.41, 5.74) is 0. The first kappa shape index (κ1) is 18.3. The predicted molar refractivity (Wildman–Crippen MR) is 80.1 cm³/mol. The van der Waals surface area contributed by atoms with Gasteiger partial charge in [-0.3, -0.25) is 14.9 Å². The van der Waals surface area contributed by atoms with Crippen molar-refractivity contribution in [2.75, 3.05) is 0 Å². The highest BCUT2D eigenvalue weighted by Gasteiger charge is 2.56. The summed E-state index contributed by atoms with van der Waals surface area (Å²) in [6, 6.07) is 6.84. The second-order valence-electron chi connectivity index (χ2n) is 5.56. The number of benzene rings is 1. The number of aliphatic hydroxyl groups excluding tert-OH is 2. The zero-order valence-electron chi connectivity index (χ0n) is 12.7. The van der Waals surface area contributed by atoms with Crippen LogP contribution >= 0.6 is 0 Å². The average Bonchev–Trinajstić information content (AvgIpc) is 2.76. The van der Waals surface area contributed by atoms with Gasteiger partial charge in [0.05, 0.1) is 16.9 Å². The topological polar surface area (TPSA) is 144 Å². The lowest BCUT2D eigenvalue weighted by molar-refractivity contribution is -0.508. The number of carbonyl (C=O) groups excluding carboxylic acids is 1. The van der Waals surface area contributed by atoms with E-state index in [4.69, 9.17) is 4.74 Å². The Bertz CT molecular complexity index is 720. The number of esters is 1. The normalized spacial score (nSPS) is 28.3. The number of sulfone groups is 1. The van der Waals surface area contributed by atoms with Gasteiger partial charge in [0.2, 0.25) is 9.84 Å². The Morgan fingerprint density at radius 1 is 1.29 bits per heavy atom. The summed E-state index contributed by atoms with van der Waals surface area (Å²) in [5, 5.41) is 29.2. The highest BCUT2D eigenvalue weighted by molar-refractivity contribution is 7.91. The summed E-state index contributed by atoms with van der Waals surface area (Å²) in [5.74, 6) is -2.15. The number of nitro groups is 1. The first-order chi connectivity index (χ1) is 11.2. The van der Waals surface area contributed by atoms with Crippen molar-refractivity contribution < 1.29 is 33.1 Å². The van der Waals surface area contributed by atoms with Gasteiger partial charge in [0.1, 0.15) is 12.2 Å². The molecule has 0 spiro atoms. The van der Waals surface area contributed by atoms with Crippen LogP contribution in [0.2, 0.25) is 0 Å².